The van der Waals surface area contributed by atoms with Crippen LogP contribution in [0.5, 0.6) is 0 Å². The summed E-state index contributed by atoms with van der Waals surface area (Å²) >= 11 is 0. The Morgan fingerprint density at radius 3 is 2.55 bits per heavy atom. The van der Waals surface area contributed by atoms with Crippen LogP contribution in [0.15, 0.2) is 18.3 Å². The van der Waals surface area contributed by atoms with E-state index in [9.17, 15) is 0 Å². The van der Waals surface area contributed by atoms with Gasteiger partial charge in [-0.2, -0.15) is 0 Å². The van der Waals surface area contributed by atoms with Crippen LogP contribution >= 0.6 is 0 Å². The summed E-state index contributed by atoms with van der Waals surface area (Å²) in [5, 5.41) is 0. The summed E-state index contributed by atoms with van der Waals surface area (Å²) in [6.07, 6.45) is 4.07. The second-order valence-corrected chi connectivity index (χ2v) is 6.79. The number of pyridine rings is 1. The maximum Gasteiger partial charge on any atom is 0.186 e. The highest BCUT2D eigenvalue weighted by Gasteiger charge is 2.41. The summed E-state index contributed by atoms with van der Waals surface area (Å²) < 4.78 is 11.6. The molecular formula is C16H24N2O2. The van der Waals surface area contributed by atoms with E-state index in [1.165, 1.54) is 5.56 Å². The van der Waals surface area contributed by atoms with E-state index in [1.54, 1.807) is 0 Å². The average Bonchev–Trinajstić information content (AvgIpc) is 2.86. The molecule has 0 bridgehead atoms. The number of aromatic nitrogens is 1. The largest absolute Gasteiger partial charge is 0.351 e. The Labute approximate surface area is 121 Å². The molecule has 0 saturated carbocycles. The minimum Gasteiger partial charge on any atom is -0.351 e. The summed E-state index contributed by atoms with van der Waals surface area (Å²) in [5.41, 5.74) is 1.41. The molecule has 1 spiro atoms. The molecule has 2 saturated heterocycles. The van der Waals surface area contributed by atoms with Crippen LogP contribution in [0.25, 0.3) is 0 Å². The Morgan fingerprint density at radius 1 is 1.20 bits per heavy atom. The number of ether oxygens (including phenoxy) is 2. The van der Waals surface area contributed by atoms with E-state index >= 15 is 0 Å². The molecule has 2 aliphatic heterocycles. The normalized spacial score (nSPS) is 22.4. The predicted molar refractivity (Wildman–Crippen MR) is 79.0 cm³/mol. The molecule has 0 aliphatic carbocycles. The van der Waals surface area contributed by atoms with Crippen molar-refractivity contribution in [2.24, 2.45) is 0 Å². The Bertz CT molecular complexity index is 458. The van der Waals surface area contributed by atoms with E-state index in [0.717, 1.165) is 31.7 Å². The second kappa shape index (κ2) is 5.01. The number of nitrogens with zero attached hydrogens (tertiary/aromatic N) is 2. The van der Waals surface area contributed by atoms with Crippen LogP contribution in [0.3, 0.4) is 0 Å². The van der Waals surface area contributed by atoms with Crippen molar-refractivity contribution in [2.45, 2.75) is 44.8 Å². The molecule has 0 amide bonds. The highest BCUT2D eigenvalue weighted by molar-refractivity contribution is 5.41. The van der Waals surface area contributed by atoms with Gasteiger partial charge in [0.2, 0.25) is 0 Å². The molecule has 2 aliphatic rings. The van der Waals surface area contributed by atoms with Crippen LogP contribution in [0.1, 0.15) is 39.2 Å². The Kier molecular flexibility index (Phi) is 3.46. The number of hydrogen-bond acceptors (Lipinski definition) is 4. The molecule has 20 heavy (non-hydrogen) atoms. The maximum absolute atomic E-state index is 5.82. The molecule has 3 heterocycles. The van der Waals surface area contributed by atoms with E-state index in [1.807, 2.05) is 6.20 Å². The molecule has 3 rings (SSSR count). The van der Waals surface area contributed by atoms with Gasteiger partial charge in [0.25, 0.3) is 0 Å². The van der Waals surface area contributed by atoms with E-state index in [2.05, 4.69) is 42.8 Å². The molecule has 4 heteroatoms. The molecule has 0 unspecified atom stereocenters. The Hall–Kier alpha value is -1.13. The number of piperidine rings is 1. The third kappa shape index (κ3) is 2.67. The fourth-order valence-corrected chi connectivity index (χ4v) is 2.93. The van der Waals surface area contributed by atoms with Crippen molar-refractivity contribution in [1.29, 1.82) is 0 Å². The van der Waals surface area contributed by atoms with Crippen LogP contribution in [-0.4, -0.2) is 37.1 Å². The lowest BCUT2D eigenvalue weighted by Crippen LogP contribution is -2.49. The molecule has 1 aromatic rings. The van der Waals surface area contributed by atoms with Crippen molar-refractivity contribution in [3.05, 3.63) is 23.9 Å². The topological polar surface area (TPSA) is 34.6 Å². The van der Waals surface area contributed by atoms with Crippen molar-refractivity contribution < 1.29 is 9.47 Å². The molecule has 1 aromatic heterocycles. The number of anilines is 1. The zero-order chi connectivity index (χ0) is 14.2. The molecule has 0 aromatic carbocycles. The quantitative estimate of drug-likeness (QED) is 0.790. The molecule has 4 nitrogen and oxygen atoms in total. The first-order valence-corrected chi connectivity index (χ1v) is 7.48. The fourth-order valence-electron chi connectivity index (χ4n) is 2.93. The van der Waals surface area contributed by atoms with Crippen molar-refractivity contribution in [3.63, 3.8) is 0 Å². The van der Waals surface area contributed by atoms with Gasteiger partial charge in [0.1, 0.15) is 5.82 Å². The lowest BCUT2D eigenvalue weighted by molar-refractivity contribution is -0.161. The number of rotatable bonds is 1. The highest BCUT2D eigenvalue weighted by Crippen LogP contribution is 2.32. The van der Waals surface area contributed by atoms with Gasteiger partial charge < -0.3 is 14.4 Å². The van der Waals surface area contributed by atoms with Gasteiger partial charge in [-0.15, -0.1) is 0 Å². The Morgan fingerprint density at radius 2 is 1.95 bits per heavy atom. The van der Waals surface area contributed by atoms with Crippen LogP contribution in [0.2, 0.25) is 0 Å². The fraction of sp³-hybridized carbons (Fsp3) is 0.688. The molecule has 0 N–H and O–H groups in total. The van der Waals surface area contributed by atoms with E-state index in [0.29, 0.717) is 13.2 Å². The third-order valence-corrected chi connectivity index (χ3v) is 4.17. The van der Waals surface area contributed by atoms with Crippen molar-refractivity contribution in [1.82, 2.24) is 4.98 Å². The van der Waals surface area contributed by atoms with Crippen LogP contribution in [-0.2, 0) is 14.9 Å². The standard InChI is InChI=1S/C16H24N2O2/c1-15(2,3)13-5-6-14(17-11-13)18-8-4-7-16(12-18)19-9-10-20-16/h5-6,11H,4,7-10,12H2,1-3H3. The van der Waals surface area contributed by atoms with Gasteiger partial charge in [0.05, 0.1) is 19.8 Å². The molecular weight excluding hydrogens is 252 g/mol. The van der Waals surface area contributed by atoms with Gasteiger partial charge in [-0.25, -0.2) is 4.98 Å². The zero-order valence-corrected chi connectivity index (χ0v) is 12.7. The predicted octanol–water partition coefficient (Wildman–Crippen LogP) is 2.72. The van der Waals surface area contributed by atoms with Gasteiger partial charge in [0.15, 0.2) is 5.79 Å². The molecule has 110 valence electrons. The first-order valence-electron chi connectivity index (χ1n) is 7.48. The minimum absolute atomic E-state index is 0.145. The average molecular weight is 276 g/mol. The number of hydrogen-bond donors (Lipinski definition) is 0. The highest BCUT2D eigenvalue weighted by atomic mass is 16.7. The smallest absolute Gasteiger partial charge is 0.186 e. The van der Waals surface area contributed by atoms with Gasteiger partial charge in [-0.05, 0) is 23.5 Å². The first kappa shape index (κ1) is 13.8. The van der Waals surface area contributed by atoms with E-state index < -0.39 is 0 Å². The van der Waals surface area contributed by atoms with Gasteiger partial charge in [0, 0.05) is 19.2 Å². The van der Waals surface area contributed by atoms with Gasteiger partial charge in [-0.1, -0.05) is 26.8 Å². The van der Waals surface area contributed by atoms with Crippen molar-refractivity contribution in [2.75, 3.05) is 31.2 Å². The lowest BCUT2D eigenvalue weighted by atomic mass is 9.88. The van der Waals surface area contributed by atoms with Crippen LogP contribution in [0, 0.1) is 0 Å². The summed E-state index contributed by atoms with van der Waals surface area (Å²) in [6, 6.07) is 4.30. The molecule has 0 radical (unpaired) electrons. The van der Waals surface area contributed by atoms with Crippen LogP contribution < -0.4 is 4.90 Å². The van der Waals surface area contributed by atoms with Crippen molar-refractivity contribution >= 4 is 5.82 Å². The summed E-state index contributed by atoms with van der Waals surface area (Å²) in [4.78, 5) is 6.92. The van der Waals surface area contributed by atoms with Gasteiger partial charge in [-0.3, -0.25) is 0 Å². The van der Waals surface area contributed by atoms with Crippen LogP contribution in [0.4, 0.5) is 5.82 Å². The summed E-state index contributed by atoms with van der Waals surface area (Å²) in [7, 11) is 0. The second-order valence-electron chi connectivity index (χ2n) is 6.79. The maximum atomic E-state index is 5.82. The van der Waals surface area contributed by atoms with Gasteiger partial charge >= 0.3 is 0 Å². The Balaban J connectivity index is 1.75. The monoisotopic (exact) mass is 276 g/mol. The zero-order valence-electron chi connectivity index (χ0n) is 12.7. The van der Waals surface area contributed by atoms with E-state index in [4.69, 9.17) is 9.47 Å². The van der Waals surface area contributed by atoms with E-state index in [-0.39, 0.29) is 11.2 Å². The minimum atomic E-state index is -0.386. The summed E-state index contributed by atoms with van der Waals surface area (Å²) in [5.74, 6) is 0.638. The summed E-state index contributed by atoms with van der Waals surface area (Å²) in [6.45, 7) is 9.86. The third-order valence-electron chi connectivity index (χ3n) is 4.17. The van der Waals surface area contributed by atoms with Crippen molar-refractivity contribution in [3.8, 4) is 0 Å². The molecule has 0 atom stereocenters. The molecule has 2 fully saturated rings. The SMILES string of the molecule is CC(C)(C)c1ccc(N2CCCC3(C2)OCCO3)nc1. The first-order chi connectivity index (χ1) is 9.49. The lowest BCUT2D eigenvalue weighted by Gasteiger charge is -2.39.